The van der Waals surface area contributed by atoms with Crippen molar-refractivity contribution in [3.05, 3.63) is 52.9 Å². The number of hydrogen-bond donors (Lipinski definition) is 1. The number of carbonyl (C=O) groups is 1. The Kier molecular flexibility index (Phi) is 4.62. The molecule has 0 aliphatic carbocycles. The van der Waals surface area contributed by atoms with Crippen molar-refractivity contribution in [1.82, 2.24) is 20.3 Å². The van der Waals surface area contributed by atoms with Gasteiger partial charge in [0.05, 0.1) is 11.3 Å². The number of aromatic nitrogens is 3. The first-order chi connectivity index (χ1) is 9.97. The number of amides is 1. The van der Waals surface area contributed by atoms with Gasteiger partial charge < -0.3 is 5.32 Å². The fourth-order valence-corrected chi connectivity index (χ4v) is 2.18. The van der Waals surface area contributed by atoms with E-state index < -0.39 is 0 Å². The molecule has 21 heavy (non-hydrogen) atoms. The predicted molar refractivity (Wildman–Crippen MR) is 81.1 cm³/mol. The molecule has 1 amide bonds. The molecule has 0 aliphatic heterocycles. The minimum absolute atomic E-state index is 0.00759. The molecular formula is C16H20N4O. The van der Waals surface area contributed by atoms with Crippen molar-refractivity contribution in [1.29, 1.82) is 0 Å². The van der Waals surface area contributed by atoms with Gasteiger partial charge in [-0.25, -0.2) is 9.97 Å². The van der Waals surface area contributed by atoms with Crippen molar-refractivity contribution in [2.45, 2.75) is 40.2 Å². The Labute approximate surface area is 124 Å². The maximum atomic E-state index is 12.3. The summed E-state index contributed by atoms with van der Waals surface area (Å²) >= 11 is 0. The van der Waals surface area contributed by atoms with Crippen LogP contribution in [0.1, 0.15) is 40.1 Å². The summed E-state index contributed by atoms with van der Waals surface area (Å²) in [5.74, 6) is 0.523. The van der Waals surface area contributed by atoms with Crippen LogP contribution in [0.4, 0.5) is 0 Å². The van der Waals surface area contributed by atoms with Crippen molar-refractivity contribution in [3.8, 4) is 0 Å². The summed E-state index contributed by atoms with van der Waals surface area (Å²) in [6, 6.07) is 3.93. The number of pyridine rings is 1. The highest BCUT2D eigenvalue weighted by atomic mass is 16.1. The van der Waals surface area contributed by atoms with E-state index >= 15 is 0 Å². The highest BCUT2D eigenvalue weighted by molar-refractivity contribution is 5.95. The zero-order valence-corrected chi connectivity index (χ0v) is 12.8. The Bertz CT molecular complexity index is 654. The maximum absolute atomic E-state index is 12.3. The van der Waals surface area contributed by atoms with Crippen molar-refractivity contribution in [3.63, 3.8) is 0 Å². The second kappa shape index (κ2) is 6.43. The third-order valence-corrected chi connectivity index (χ3v) is 3.34. The molecule has 0 radical (unpaired) electrons. The molecule has 0 spiro atoms. The number of rotatable bonds is 4. The maximum Gasteiger partial charge on any atom is 0.254 e. The average Bonchev–Trinajstić information content (AvgIpc) is 2.41. The van der Waals surface area contributed by atoms with E-state index in [0.29, 0.717) is 23.5 Å². The first-order valence-electron chi connectivity index (χ1n) is 6.99. The number of aryl methyl sites for hydroxylation is 3. The van der Waals surface area contributed by atoms with Gasteiger partial charge in [0.15, 0.2) is 0 Å². The molecule has 2 rings (SSSR count). The second-order valence-corrected chi connectivity index (χ2v) is 5.26. The molecule has 0 aromatic carbocycles. The van der Waals surface area contributed by atoms with E-state index in [1.54, 1.807) is 19.3 Å². The number of nitrogens with zero attached hydrogens (tertiary/aromatic N) is 3. The third kappa shape index (κ3) is 3.84. The molecule has 0 aliphatic rings. The van der Waals surface area contributed by atoms with Crippen LogP contribution < -0.4 is 5.32 Å². The van der Waals surface area contributed by atoms with Gasteiger partial charge in [-0.1, -0.05) is 6.07 Å². The van der Waals surface area contributed by atoms with Gasteiger partial charge in [0.25, 0.3) is 5.91 Å². The van der Waals surface area contributed by atoms with Crippen molar-refractivity contribution >= 4 is 5.91 Å². The first-order valence-corrected chi connectivity index (χ1v) is 6.99. The lowest BCUT2D eigenvalue weighted by atomic mass is 10.1. The fraction of sp³-hybridized carbons (Fsp3) is 0.375. The molecule has 5 nitrogen and oxygen atoms in total. The van der Waals surface area contributed by atoms with E-state index in [-0.39, 0.29) is 11.9 Å². The molecular weight excluding hydrogens is 264 g/mol. The van der Waals surface area contributed by atoms with Crippen LogP contribution >= 0.6 is 0 Å². The lowest BCUT2D eigenvalue weighted by Gasteiger charge is -2.15. The van der Waals surface area contributed by atoms with E-state index in [2.05, 4.69) is 20.3 Å². The number of nitrogens with one attached hydrogen (secondary N) is 1. The van der Waals surface area contributed by atoms with Gasteiger partial charge in [-0.3, -0.25) is 9.78 Å². The SMILES string of the molecule is Cc1ncc(C(=O)NC(C)Cc2ncccc2C)c(C)n1. The average molecular weight is 284 g/mol. The zero-order chi connectivity index (χ0) is 15.4. The molecule has 0 saturated carbocycles. The molecule has 0 bridgehead atoms. The minimum atomic E-state index is -0.145. The fourth-order valence-electron chi connectivity index (χ4n) is 2.18. The Hall–Kier alpha value is -2.30. The van der Waals surface area contributed by atoms with Crippen LogP contribution in [0, 0.1) is 20.8 Å². The Morgan fingerprint density at radius 2 is 2.05 bits per heavy atom. The molecule has 0 saturated heterocycles. The monoisotopic (exact) mass is 284 g/mol. The molecule has 1 unspecified atom stereocenters. The molecule has 0 fully saturated rings. The van der Waals surface area contributed by atoms with Gasteiger partial charge in [-0.15, -0.1) is 0 Å². The Morgan fingerprint density at radius 1 is 1.29 bits per heavy atom. The van der Waals surface area contributed by atoms with Gasteiger partial charge in [0.1, 0.15) is 5.82 Å². The summed E-state index contributed by atoms with van der Waals surface area (Å²) in [5, 5.41) is 2.97. The van der Waals surface area contributed by atoms with Gasteiger partial charge in [0, 0.05) is 30.6 Å². The van der Waals surface area contributed by atoms with Crippen LogP contribution in [-0.4, -0.2) is 26.9 Å². The van der Waals surface area contributed by atoms with E-state index in [9.17, 15) is 4.79 Å². The number of carbonyl (C=O) groups excluding carboxylic acids is 1. The summed E-state index contributed by atoms with van der Waals surface area (Å²) in [6.07, 6.45) is 4.05. The molecule has 2 heterocycles. The van der Waals surface area contributed by atoms with Crippen molar-refractivity contribution < 1.29 is 4.79 Å². The number of hydrogen-bond acceptors (Lipinski definition) is 4. The largest absolute Gasteiger partial charge is 0.349 e. The van der Waals surface area contributed by atoms with Crippen LogP contribution in [-0.2, 0) is 6.42 Å². The van der Waals surface area contributed by atoms with Crippen LogP contribution in [0.15, 0.2) is 24.5 Å². The second-order valence-electron chi connectivity index (χ2n) is 5.26. The topological polar surface area (TPSA) is 67.8 Å². The normalized spacial score (nSPS) is 12.0. The Morgan fingerprint density at radius 3 is 2.71 bits per heavy atom. The van der Waals surface area contributed by atoms with Gasteiger partial charge in [0.2, 0.25) is 0 Å². The highest BCUT2D eigenvalue weighted by Crippen LogP contribution is 2.08. The third-order valence-electron chi connectivity index (χ3n) is 3.34. The summed E-state index contributed by atoms with van der Waals surface area (Å²) in [7, 11) is 0. The van der Waals surface area contributed by atoms with E-state index in [4.69, 9.17) is 0 Å². The molecule has 1 N–H and O–H groups in total. The molecule has 5 heteroatoms. The molecule has 2 aromatic heterocycles. The summed E-state index contributed by atoms with van der Waals surface area (Å²) in [5.41, 5.74) is 3.35. The zero-order valence-electron chi connectivity index (χ0n) is 12.8. The highest BCUT2D eigenvalue weighted by Gasteiger charge is 2.14. The van der Waals surface area contributed by atoms with E-state index in [1.807, 2.05) is 32.9 Å². The van der Waals surface area contributed by atoms with E-state index in [1.165, 1.54) is 0 Å². The molecule has 110 valence electrons. The Balaban J connectivity index is 2.04. The predicted octanol–water partition coefficient (Wildman–Crippen LogP) is 2.16. The molecule has 1 atom stereocenters. The lowest BCUT2D eigenvalue weighted by molar-refractivity contribution is 0.0938. The minimum Gasteiger partial charge on any atom is -0.349 e. The van der Waals surface area contributed by atoms with Crippen LogP contribution in [0.5, 0.6) is 0 Å². The quantitative estimate of drug-likeness (QED) is 0.934. The standard InChI is InChI=1S/C16H20N4O/c1-10-6-5-7-17-15(10)8-11(2)19-16(21)14-9-18-13(4)20-12(14)3/h5-7,9,11H,8H2,1-4H3,(H,19,21). The molecule has 2 aromatic rings. The summed E-state index contributed by atoms with van der Waals surface area (Å²) in [6.45, 7) is 7.61. The van der Waals surface area contributed by atoms with Gasteiger partial charge >= 0.3 is 0 Å². The van der Waals surface area contributed by atoms with Crippen LogP contribution in [0.25, 0.3) is 0 Å². The smallest absolute Gasteiger partial charge is 0.254 e. The summed E-state index contributed by atoms with van der Waals surface area (Å²) < 4.78 is 0. The van der Waals surface area contributed by atoms with Gasteiger partial charge in [-0.2, -0.15) is 0 Å². The van der Waals surface area contributed by atoms with Crippen LogP contribution in [0.2, 0.25) is 0 Å². The lowest BCUT2D eigenvalue weighted by Crippen LogP contribution is -2.35. The first kappa shape index (κ1) is 15.1. The van der Waals surface area contributed by atoms with Crippen molar-refractivity contribution in [2.24, 2.45) is 0 Å². The van der Waals surface area contributed by atoms with Gasteiger partial charge in [-0.05, 0) is 39.3 Å². The van der Waals surface area contributed by atoms with Crippen molar-refractivity contribution in [2.75, 3.05) is 0 Å². The van der Waals surface area contributed by atoms with Crippen LogP contribution in [0.3, 0.4) is 0 Å². The van der Waals surface area contributed by atoms with E-state index in [0.717, 1.165) is 11.3 Å². The summed E-state index contributed by atoms with van der Waals surface area (Å²) in [4.78, 5) is 24.9.